The van der Waals surface area contributed by atoms with E-state index in [1.165, 1.54) is 6.07 Å². The van der Waals surface area contributed by atoms with E-state index in [9.17, 15) is 13.6 Å². The number of ether oxygens (including phenoxy) is 2. The second-order valence-corrected chi connectivity index (χ2v) is 3.55. The summed E-state index contributed by atoms with van der Waals surface area (Å²) in [5.74, 6) is -0.216. The molecule has 1 aromatic carbocycles. The highest BCUT2D eigenvalue weighted by atomic mass is 19.3. The number of halogens is 2. The van der Waals surface area contributed by atoms with Gasteiger partial charge in [0, 0.05) is 5.56 Å². The fraction of sp³-hybridized carbons (Fsp3) is 0.364. The van der Waals surface area contributed by atoms with Gasteiger partial charge in [0.1, 0.15) is 12.4 Å². The molecule has 0 saturated carbocycles. The van der Waals surface area contributed by atoms with Gasteiger partial charge in [-0.1, -0.05) is 18.2 Å². The van der Waals surface area contributed by atoms with E-state index < -0.39 is 12.7 Å². The van der Waals surface area contributed by atoms with Crippen molar-refractivity contribution < 1.29 is 23.0 Å². The Bertz CT molecular complexity index is 411. The number of alkyl halides is 2. The topological polar surface area (TPSA) is 47.6 Å². The van der Waals surface area contributed by atoms with E-state index in [1.54, 1.807) is 18.2 Å². The van der Waals surface area contributed by atoms with E-state index in [2.05, 4.69) is 10.1 Å². The molecule has 1 aliphatic heterocycles. The number of carbonyl (C=O) groups excluding carboxylic acids is 1. The summed E-state index contributed by atoms with van der Waals surface area (Å²) in [5.41, 5.74) is 0.487. The van der Waals surface area contributed by atoms with Crippen LogP contribution in [0.25, 0.3) is 0 Å². The van der Waals surface area contributed by atoms with Gasteiger partial charge in [-0.3, -0.25) is 4.79 Å². The van der Waals surface area contributed by atoms with Crippen molar-refractivity contribution in [2.75, 3.05) is 13.2 Å². The lowest BCUT2D eigenvalue weighted by atomic mass is 10.1. The lowest BCUT2D eigenvalue weighted by molar-refractivity contribution is -0.131. The Kier molecular flexibility index (Phi) is 3.53. The van der Waals surface area contributed by atoms with Crippen molar-refractivity contribution >= 4 is 5.91 Å². The molecular formula is C11H11F2NO3. The molecule has 1 heterocycles. The molecule has 92 valence electrons. The Labute approximate surface area is 96.5 Å². The van der Waals surface area contributed by atoms with Gasteiger partial charge >= 0.3 is 6.61 Å². The molecule has 17 heavy (non-hydrogen) atoms. The summed E-state index contributed by atoms with van der Waals surface area (Å²) >= 11 is 0. The number of hydrogen-bond acceptors (Lipinski definition) is 3. The Morgan fingerprint density at radius 3 is 2.88 bits per heavy atom. The second kappa shape index (κ2) is 5.09. The van der Waals surface area contributed by atoms with Gasteiger partial charge in [-0.05, 0) is 6.07 Å². The second-order valence-electron chi connectivity index (χ2n) is 3.55. The number of nitrogens with one attached hydrogen (secondary N) is 1. The van der Waals surface area contributed by atoms with Crippen LogP contribution in [0.3, 0.4) is 0 Å². The van der Waals surface area contributed by atoms with Crippen molar-refractivity contribution in [2.24, 2.45) is 0 Å². The number of hydrogen-bond donors (Lipinski definition) is 1. The van der Waals surface area contributed by atoms with E-state index in [0.717, 1.165) is 0 Å². The maximum atomic E-state index is 12.2. The Morgan fingerprint density at radius 1 is 1.41 bits per heavy atom. The van der Waals surface area contributed by atoms with Crippen molar-refractivity contribution in [3.63, 3.8) is 0 Å². The van der Waals surface area contributed by atoms with E-state index >= 15 is 0 Å². The molecule has 1 amide bonds. The van der Waals surface area contributed by atoms with Crippen molar-refractivity contribution in [2.45, 2.75) is 12.7 Å². The normalized spacial score (nSPS) is 20.2. The summed E-state index contributed by atoms with van der Waals surface area (Å²) in [5, 5.41) is 2.66. The Hall–Kier alpha value is -1.69. The van der Waals surface area contributed by atoms with Crippen molar-refractivity contribution in [3.8, 4) is 5.75 Å². The number of benzene rings is 1. The number of morpholine rings is 1. The molecule has 1 aliphatic rings. The molecule has 0 spiro atoms. The van der Waals surface area contributed by atoms with E-state index in [1.807, 2.05) is 0 Å². The largest absolute Gasteiger partial charge is 0.434 e. The standard InChI is InChI=1S/C11H11F2NO3/c12-11(13)17-9-4-2-1-3-7(9)8-5-16-6-10(15)14-8/h1-4,8,11H,5-6H2,(H,14,15). The zero-order valence-electron chi connectivity index (χ0n) is 8.86. The molecule has 4 nitrogen and oxygen atoms in total. The molecule has 2 rings (SSSR count). The van der Waals surface area contributed by atoms with E-state index in [-0.39, 0.29) is 24.9 Å². The highest BCUT2D eigenvalue weighted by Crippen LogP contribution is 2.27. The third-order valence-corrected chi connectivity index (χ3v) is 2.36. The van der Waals surface area contributed by atoms with Gasteiger partial charge in [-0.25, -0.2) is 0 Å². The zero-order valence-corrected chi connectivity index (χ0v) is 8.86. The van der Waals surface area contributed by atoms with Crippen LogP contribution in [-0.2, 0) is 9.53 Å². The quantitative estimate of drug-likeness (QED) is 0.874. The zero-order chi connectivity index (χ0) is 12.3. The lowest BCUT2D eigenvalue weighted by Gasteiger charge is -2.25. The van der Waals surface area contributed by atoms with Gasteiger partial charge in [0.15, 0.2) is 0 Å². The van der Waals surface area contributed by atoms with Gasteiger partial charge in [0.2, 0.25) is 5.91 Å². The number of amides is 1. The van der Waals surface area contributed by atoms with Crippen LogP contribution in [0.4, 0.5) is 8.78 Å². The Balaban J connectivity index is 2.21. The van der Waals surface area contributed by atoms with Crippen LogP contribution in [-0.4, -0.2) is 25.7 Å². The average molecular weight is 243 g/mol. The summed E-state index contributed by atoms with van der Waals surface area (Å²) < 4.78 is 33.9. The van der Waals surface area contributed by atoms with E-state index in [0.29, 0.717) is 5.56 Å². The fourth-order valence-corrected chi connectivity index (χ4v) is 1.69. The van der Waals surface area contributed by atoms with Gasteiger partial charge in [-0.2, -0.15) is 8.78 Å². The minimum Gasteiger partial charge on any atom is -0.434 e. The van der Waals surface area contributed by atoms with Gasteiger partial charge in [0.05, 0.1) is 12.6 Å². The summed E-state index contributed by atoms with van der Waals surface area (Å²) in [6.45, 7) is -2.65. The molecule has 0 aliphatic carbocycles. The first-order chi connectivity index (χ1) is 8.16. The first kappa shape index (κ1) is 11.8. The molecule has 0 aromatic heterocycles. The number of carbonyl (C=O) groups is 1. The van der Waals surface area contributed by atoms with Crippen LogP contribution < -0.4 is 10.1 Å². The molecule has 6 heteroatoms. The Morgan fingerprint density at radius 2 is 2.18 bits per heavy atom. The lowest BCUT2D eigenvalue weighted by Crippen LogP contribution is -2.39. The first-order valence-electron chi connectivity index (χ1n) is 5.07. The average Bonchev–Trinajstić information content (AvgIpc) is 2.29. The van der Waals surface area contributed by atoms with Gasteiger partial charge in [-0.15, -0.1) is 0 Å². The molecule has 1 aromatic rings. The molecule has 1 saturated heterocycles. The molecule has 1 N–H and O–H groups in total. The third kappa shape index (κ3) is 2.91. The maximum Gasteiger partial charge on any atom is 0.387 e. The third-order valence-electron chi connectivity index (χ3n) is 2.36. The SMILES string of the molecule is O=C1COCC(c2ccccc2OC(F)F)N1. The van der Waals surface area contributed by atoms with Crippen LogP contribution in [0.15, 0.2) is 24.3 Å². The van der Waals surface area contributed by atoms with Gasteiger partial charge in [0.25, 0.3) is 0 Å². The van der Waals surface area contributed by atoms with Gasteiger partial charge < -0.3 is 14.8 Å². The van der Waals surface area contributed by atoms with Crippen LogP contribution in [0.2, 0.25) is 0 Å². The monoisotopic (exact) mass is 243 g/mol. The predicted octanol–water partition coefficient (Wildman–Crippen LogP) is 1.48. The molecule has 1 unspecified atom stereocenters. The minimum absolute atomic E-state index is 0.00558. The van der Waals surface area contributed by atoms with Crippen LogP contribution in [0.5, 0.6) is 5.75 Å². The number of rotatable bonds is 3. The summed E-state index contributed by atoms with van der Waals surface area (Å²) in [6.07, 6.45) is 0. The molecule has 1 fully saturated rings. The van der Waals surface area contributed by atoms with Crippen LogP contribution >= 0.6 is 0 Å². The molecular weight excluding hydrogens is 232 g/mol. The highest BCUT2D eigenvalue weighted by Gasteiger charge is 2.23. The predicted molar refractivity (Wildman–Crippen MR) is 54.8 cm³/mol. The van der Waals surface area contributed by atoms with Crippen molar-refractivity contribution in [1.29, 1.82) is 0 Å². The summed E-state index contributed by atoms with van der Waals surface area (Å²) in [4.78, 5) is 11.2. The summed E-state index contributed by atoms with van der Waals surface area (Å²) in [6, 6.07) is 5.88. The fourth-order valence-electron chi connectivity index (χ4n) is 1.69. The van der Waals surface area contributed by atoms with E-state index in [4.69, 9.17) is 4.74 Å². The molecule has 0 radical (unpaired) electrons. The maximum absolute atomic E-state index is 12.2. The first-order valence-corrected chi connectivity index (χ1v) is 5.07. The van der Waals surface area contributed by atoms with Crippen LogP contribution in [0.1, 0.15) is 11.6 Å². The molecule has 0 bridgehead atoms. The number of para-hydroxylation sites is 1. The van der Waals surface area contributed by atoms with Crippen molar-refractivity contribution in [1.82, 2.24) is 5.32 Å². The smallest absolute Gasteiger partial charge is 0.387 e. The summed E-state index contributed by atoms with van der Waals surface area (Å²) in [7, 11) is 0. The van der Waals surface area contributed by atoms with Crippen molar-refractivity contribution in [3.05, 3.63) is 29.8 Å². The van der Waals surface area contributed by atoms with Crippen LogP contribution in [0, 0.1) is 0 Å². The molecule has 1 atom stereocenters. The minimum atomic E-state index is -2.89. The highest BCUT2D eigenvalue weighted by molar-refractivity contribution is 5.78.